The van der Waals surface area contributed by atoms with Gasteiger partial charge in [0, 0.05) is 0 Å². The van der Waals surface area contributed by atoms with Crippen LogP contribution in [0.25, 0.3) is 0 Å². The first-order chi connectivity index (χ1) is 7.31. The van der Waals surface area contributed by atoms with E-state index in [4.69, 9.17) is 0 Å². The van der Waals surface area contributed by atoms with E-state index in [2.05, 4.69) is 38.6 Å². The zero-order chi connectivity index (χ0) is 11.1. The van der Waals surface area contributed by atoms with E-state index < -0.39 is 0 Å². The molecule has 0 unspecified atom stereocenters. The molecule has 0 N–H and O–H groups in total. The second-order valence-electron chi connectivity index (χ2n) is 3.99. The van der Waals surface area contributed by atoms with Crippen LogP contribution < -0.4 is 0 Å². The van der Waals surface area contributed by atoms with Crippen LogP contribution >= 0.6 is 0 Å². The first-order valence-corrected chi connectivity index (χ1v) is 6.03. The minimum absolute atomic E-state index is 1.12. The van der Waals surface area contributed by atoms with Crippen LogP contribution in [-0.2, 0) is 19.3 Å². The summed E-state index contributed by atoms with van der Waals surface area (Å²) in [4.78, 5) is 0. The Labute approximate surface area is 94.0 Å². The van der Waals surface area contributed by atoms with Crippen molar-refractivity contribution >= 4 is 0 Å². The van der Waals surface area contributed by atoms with Gasteiger partial charge in [0.25, 0.3) is 0 Å². The summed E-state index contributed by atoms with van der Waals surface area (Å²) in [5, 5.41) is 0. The van der Waals surface area contributed by atoms with E-state index in [1.54, 1.807) is 5.56 Å². The molecule has 1 aromatic carbocycles. The Hall–Kier alpha value is -1.04. The van der Waals surface area contributed by atoms with E-state index in [1.165, 1.54) is 24.0 Å². The lowest BCUT2D eigenvalue weighted by Gasteiger charge is -2.09. The van der Waals surface area contributed by atoms with Gasteiger partial charge in [-0.15, -0.1) is 6.58 Å². The molecule has 0 bridgehead atoms. The quantitative estimate of drug-likeness (QED) is 0.476. The van der Waals surface area contributed by atoms with Crippen molar-refractivity contribution in [2.45, 2.75) is 46.0 Å². The molecule has 0 aromatic heterocycles. The monoisotopic (exact) mass is 202 g/mol. The van der Waals surface area contributed by atoms with Gasteiger partial charge in [0.15, 0.2) is 0 Å². The molecular formula is C15H22. The van der Waals surface area contributed by atoms with Gasteiger partial charge in [-0.25, -0.2) is 0 Å². The zero-order valence-corrected chi connectivity index (χ0v) is 10.1. The number of hydrogen-bond acceptors (Lipinski definition) is 0. The van der Waals surface area contributed by atoms with Gasteiger partial charge in [-0.2, -0.15) is 0 Å². The van der Waals surface area contributed by atoms with Crippen LogP contribution in [0.5, 0.6) is 0 Å². The van der Waals surface area contributed by atoms with Crippen molar-refractivity contribution in [1.29, 1.82) is 0 Å². The molecule has 15 heavy (non-hydrogen) atoms. The molecule has 0 radical (unpaired) electrons. The third kappa shape index (κ3) is 3.54. The lowest BCUT2D eigenvalue weighted by molar-refractivity contribution is 0.829. The molecule has 0 amide bonds. The number of rotatable bonds is 6. The van der Waals surface area contributed by atoms with Crippen molar-refractivity contribution in [3.05, 3.63) is 47.5 Å². The summed E-state index contributed by atoms with van der Waals surface area (Å²) >= 11 is 0. The third-order valence-electron chi connectivity index (χ3n) is 2.91. The Bertz CT molecular complexity index is 310. The van der Waals surface area contributed by atoms with Crippen molar-refractivity contribution in [1.82, 2.24) is 0 Å². The molecule has 0 aliphatic heterocycles. The molecule has 0 heterocycles. The average molecular weight is 202 g/mol. The lowest BCUT2D eigenvalue weighted by atomic mass is 9.97. The van der Waals surface area contributed by atoms with Crippen LogP contribution in [-0.4, -0.2) is 0 Å². The molecule has 0 saturated heterocycles. The molecule has 1 rings (SSSR count). The Kier molecular flexibility index (Phi) is 5.17. The Morgan fingerprint density at radius 3 is 2.53 bits per heavy atom. The van der Waals surface area contributed by atoms with E-state index >= 15 is 0 Å². The number of unbranched alkanes of at least 4 members (excludes halogenated alkanes) is 1. The maximum Gasteiger partial charge on any atom is -0.0273 e. The highest BCUT2D eigenvalue weighted by Gasteiger charge is 2.01. The average Bonchev–Trinajstić information content (AvgIpc) is 2.29. The van der Waals surface area contributed by atoms with Gasteiger partial charge in [-0.1, -0.05) is 38.1 Å². The first kappa shape index (κ1) is 12.0. The van der Waals surface area contributed by atoms with Gasteiger partial charge in [-0.3, -0.25) is 0 Å². The zero-order valence-electron chi connectivity index (χ0n) is 10.1. The van der Waals surface area contributed by atoms with Crippen molar-refractivity contribution < 1.29 is 0 Å². The largest absolute Gasteiger partial charge is 0.103 e. The SMILES string of the molecule is C=CCCCc1cc(CC)ccc1CC. The molecule has 0 fully saturated rings. The van der Waals surface area contributed by atoms with Crippen molar-refractivity contribution in [2.24, 2.45) is 0 Å². The molecule has 0 aliphatic carbocycles. The predicted octanol–water partition coefficient (Wildman–Crippen LogP) is 4.32. The maximum atomic E-state index is 3.77. The first-order valence-electron chi connectivity index (χ1n) is 6.03. The van der Waals surface area contributed by atoms with Crippen LogP contribution in [0.4, 0.5) is 0 Å². The van der Waals surface area contributed by atoms with Crippen molar-refractivity contribution in [3.8, 4) is 0 Å². The summed E-state index contributed by atoms with van der Waals surface area (Å²) in [7, 11) is 0. The molecule has 1 aromatic rings. The van der Waals surface area contributed by atoms with Crippen molar-refractivity contribution in [3.63, 3.8) is 0 Å². The van der Waals surface area contributed by atoms with Crippen LogP contribution in [0.1, 0.15) is 43.4 Å². The lowest BCUT2D eigenvalue weighted by Crippen LogP contribution is -1.95. The Balaban J connectivity index is 2.76. The molecular weight excluding hydrogens is 180 g/mol. The standard InChI is InChI=1S/C15H22/c1-4-7-8-9-15-12-13(5-2)10-11-14(15)6-3/h4,10-12H,1,5-9H2,2-3H3. The normalized spacial score (nSPS) is 10.3. The summed E-state index contributed by atoms with van der Waals surface area (Å²) in [6.45, 7) is 8.22. The molecule has 82 valence electrons. The second-order valence-corrected chi connectivity index (χ2v) is 3.99. The van der Waals surface area contributed by atoms with Crippen LogP contribution in [0, 0.1) is 0 Å². The number of benzene rings is 1. The minimum Gasteiger partial charge on any atom is -0.103 e. The highest BCUT2D eigenvalue weighted by molar-refractivity contribution is 5.32. The minimum atomic E-state index is 1.12. The fourth-order valence-electron chi connectivity index (χ4n) is 1.91. The van der Waals surface area contributed by atoms with Crippen LogP contribution in [0.2, 0.25) is 0 Å². The fraction of sp³-hybridized carbons (Fsp3) is 0.467. The van der Waals surface area contributed by atoms with Gasteiger partial charge in [-0.05, 0) is 48.8 Å². The molecule has 0 spiro atoms. The molecule has 0 nitrogen and oxygen atoms in total. The van der Waals surface area contributed by atoms with E-state index in [-0.39, 0.29) is 0 Å². The second kappa shape index (κ2) is 6.44. The van der Waals surface area contributed by atoms with E-state index in [0.29, 0.717) is 0 Å². The predicted molar refractivity (Wildman–Crippen MR) is 68.3 cm³/mol. The van der Waals surface area contributed by atoms with E-state index in [0.717, 1.165) is 19.3 Å². The molecule has 0 heteroatoms. The topological polar surface area (TPSA) is 0 Å². The highest BCUT2D eigenvalue weighted by atomic mass is 14.1. The maximum absolute atomic E-state index is 3.77. The van der Waals surface area contributed by atoms with Gasteiger partial charge >= 0.3 is 0 Å². The van der Waals surface area contributed by atoms with Gasteiger partial charge in [0.1, 0.15) is 0 Å². The van der Waals surface area contributed by atoms with Gasteiger partial charge in [0.05, 0.1) is 0 Å². The Morgan fingerprint density at radius 2 is 1.93 bits per heavy atom. The van der Waals surface area contributed by atoms with Gasteiger partial charge in [0.2, 0.25) is 0 Å². The number of hydrogen-bond donors (Lipinski definition) is 0. The summed E-state index contributed by atoms with van der Waals surface area (Å²) in [6.07, 6.45) is 7.84. The van der Waals surface area contributed by atoms with Crippen molar-refractivity contribution in [2.75, 3.05) is 0 Å². The molecule has 0 atom stereocenters. The fourth-order valence-corrected chi connectivity index (χ4v) is 1.91. The Morgan fingerprint density at radius 1 is 1.13 bits per heavy atom. The van der Waals surface area contributed by atoms with Crippen LogP contribution in [0.3, 0.4) is 0 Å². The summed E-state index contributed by atoms with van der Waals surface area (Å²) in [5.41, 5.74) is 4.51. The highest BCUT2D eigenvalue weighted by Crippen LogP contribution is 2.16. The van der Waals surface area contributed by atoms with E-state index in [1.807, 2.05) is 6.08 Å². The number of aryl methyl sites for hydroxylation is 3. The smallest absolute Gasteiger partial charge is 0.0273 e. The van der Waals surface area contributed by atoms with Gasteiger partial charge < -0.3 is 0 Å². The summed E-state index contributed by atoms with van der Waals surface area (Å²) in [6, 6.07) is 6.93. The van der Waals surface area contributed by atoms with Crippen LogP contribution in [0.15, 0.2) is 30.9 Å². The molecule has 0 aliphatic rings. The van der Waals surface area contributed by atoms with E-state index in [9.17, 15) is 0 Å². The third-order valence-corrected chi connectivity index (χ3v) is 2.91. The number of allylic oxidation sites excluding steroid dienone is 1. The summed E-state index contributed by atoms with van der Waals surface area (Å²) < 4.78 is 0. The summed E-state index contributed by atoms with van der Waals surface area (Å²) in [5.74, 6) is 0. The molecule has 0 saturated carbocycles.